The summed E-state index contributed by atoms with van der Waals surface area (Å²) in [5.41, 5.74) is 1.14. The van der Waals surface area contributed by atoms with Gasteiger partial charge in [-0.25, -0.2) is 4.79 Å². The first-order chi connectivity index (χ1) is 12.4. The Balaban J connectivity index is 1.66. The summed E-state index contributed by atoms with van der Waals surface area (Å²) in [4.78, 5) is 26.6. The third-order valence-corrected chi connectivity index (χ3v) is 4.73. The van der Waals surface area contributed by atoms with E-state index in [1.165, 1.54) is 0 Å². The maximum Gasteiger partial charge on any atom is 0.317 e. The van der Waals surface area contributed by atoms with Crippen LogP contribution >= 0.6 is 0 Å². The molecule has 7 nitrogen and oxygen atoms in total. The van der Waals surface area contributed by atoms with Crippen LogP contribution in [0, 0.1) is 6.92 Å². The van der Waals surface area contributed by atoms with Gasteiger partial charge in [0, 0.05) is 19.1 Å². The number of hydrogen-bond donors (Lipinski definition) is 2. The van der Waals surface area contributed by atoms with Crippen molar-refractivity contribution in [1.29, 1.82) is 0 Å². The van der Waals surface area contributed by atoms with Crippen LogP contribution < -0.4 is 10.1 Å². The van der Waals surface area contributed by atoms with Gasteiger partial charge in [-0.1, -0.05) is 19.1 Å². The van der Waals surface area contributed by atoms with Crippen molar-refractivity contribution in [2.24, 2.45) is 0 Å². The Morgan fingerprint density at radius 1 is 1.35 bits per heavy atom. The second-order valence-electron chi connectivity index (χ2n) is 6.82. The van der Waals surface area contributed by atoms with Crippen molar-refractivity contribution in [3.8, 4) is 5.75 Å². The molecule has 26 heavy (non-hydrogen) atoms. The number of hydrogen-bond acceptors (Lipinski definition) is 4. The number of benzene rings is 1. The number of amides is 2. The number of ether oxygens (including phenoxy) is 1. The van der Waals surface area contributed by atoms with E-state index in [0.717, 1.165) is 24.2 Å². The first-order valence-electron chi connectivity index (χ1n) is 9.06. The van der Waals surface area contributed by atoms with Crippen molar-refractivity contribution in [2.75, 3.05) is 33.3 Å². The maximum atomic E-state index is 12.2. The molecule has 144 valence electrons. The summed E-state index contributed by atoms with van der Waals surface area (Å²) in [7, 11) is 1.74. The molecule has 2 N–H and O–H groups in total. The molecule has 1 aliphatic carbocycles. The van der Waals surface area contributed by atoms with E-state index in [1.54, 1.807) is 11.9 Å². The third-order valence-electron chi connectivity index (χ3n) is 4.73. The van der Waals surface area contributed by atoms with E-state index >= 15 is 0 Å². The first kappa shape index (κ1) is 20.0. The van der Waals surface area contributed by atoms with E-state index in [4.69, 9.17) is 9.84 Å². The summed E-state index contributed by atoms with van der Waals surface area (Å²) in [5, 5.41) is 11.9. The normalized spacial score (nSPS) is 18.9. The predicted molar refractivity (Wildman–Crippen MR) is 99.5 cm³/mol. The zero-order valence-corrected chi connectivity index (χ0v) is 15.8. The minimum Gasteiger partial charge on any atom is -0.492 e. The molecule has 7 heteroatoms. The molecule has 1 aromatic carbocycles. The number of nitrogens with zero attached hydrogens (tertiary/aromatic N) is 2. The zero-order valence-electron chi connectivity index (χ0n) is 15.8. The van der Waals surface area contributed by atoms with Gasteiger partial charge in [-0.05, 0) is 44.0 Å². The fourth-order valence-electron chi connectivity index (χ4n) is 3.07. The highest BCUT2D eigenvalue weighted by molar-refractivity contribution is 5.74. The molecule has 0 aromatic heterocycles. The second-order valence-corrected chi connectivity index (χ2v) is 6.82. The Morgan fingerprint density at radius 3 is 2.69 bits per heavy atom. The number of aliphatic carboxylic acids is 1. The molecule has 2 amide bonds. The Hall–Kier alpha value is -2.28. The number of carbonyl (C=O) groups is 2. The number of urea groups is 1. The summed E-state index contributed by atoms with van der Waals surface area (Å²) < 4.78 is 5.67. The predicted octanol–water partition coefficient (Wildman–Crippen LogP) is 1.95. The molecule has 0 saturated heterocycles. The molecule has 0 spiro atoms. The van der Waals surface area contributed by atoms with Crippen molar-refractivity contribution >= 4 is 12.0 Å². The highest BCUT2D eigenvalue weighted by atomic mass is 16.5. The van der Waals surface area contributed by atoms with Crippen LogP contribution in [0.1, 0.15) is 25.3 Å². The smallest absolute Gasteiger partial charge is 0.317 e. The SMILES string of the molecule is CCN(CC(=O)O)C1CC(NC(=O)N(C)CCOc2cccc(C)c2)C1. The van der Waals surface area contributed by atoms with Crippen LogP contribution in [0.15, 0.2) is 24.3 Å². The van der Waals surface area contributed by atoms with Gasteiger partial charge in [-0.2, -0.15) is 0 Å². The van der Waals surface area contributed by atoms with Crippen molar-refractivity contribution in [3.05, 3.63) is 29.8 Å². The molecule has 0 aliphatic heterocycles. The number of nitrogens with one attached hydrogen (secondary N) is 1. The van der Waals surface area contributed by atoms with Crippen LogP contribution in [0.25, 0.3) is 0 Å². The third kappa shape index (κ3) is 5.91. The van der Waals surface area contributed by atoms with Gasteiger partial charge in [-0.15, -0.1) is 0 Å². The second kappa shape index (κ2) is 9.43. The van der Waals surface area contributed by atoms with Gasteiger partial charge < -0.3 is 20.1 Å². The van der Waals surface area contributed by atoms with Crippen LogP contribution in [0.4, 0.5) is 4.79 Å². The Bertz CT molecular complexity index is 617. The van der Waals surface area contributed by atoms with Crippen LogP contribution in [0.3, 0.4) is 0 Å². The number of likely N-dealkylation sites (N-methyl/N-ethyl adjacent to an activating group) is 2. The number of carboxylic acid groups (broad SMARTS) is 1. The maximum absolute atomic E-state index is 12.2. The lowest BCUT2D eigenvalue weighted by atomic mass is 9.85. The van der Waals surface area contributed by atoms with E-state index in [-0.39, 0.29) is 24.7 Å². The summed E-state index contributed by atoms with van der Waals surface area (Å²) in [6.45, 7) is 5.65. The van der Waals surface area contributed by atoms with Gasteiger partial charge in [-0.3, -0.25) is 9.69 Å². The van der Waals surface area contributed by atoms with Crippen molar-refractivity contribution in [3.63, 3.8) is 0 Å². The Kier molecular flexibility index (Phi) is 7.26. The Labute approximate surface area is 154 Å². The summed E-state index contributed by atoms with van der Waals surface area (Å²) in [6, 6.07) is 8.03. The summed E-state index contributed by atoms with van der Waals surface area (Å²) in [5.74, 6) is -0.00795. The van der Waals surface area contributed by atoms with Crippen LogP contribution in [-0.2, 0) is 4.79 Å². The standard InChI is InChI=1S/C19H29N3O4/c1-4-22(13-18(23)24)16-11-15(12-16)20-19(25)21(3)8-9-26-17-7-5-6-14(2)10-17/h5-7,10,15-16H,4,8-9,11-13H2,1-3H3,(H,20,25)(H,23,24). The minimum atomic E-state index is -0.812. The lowest BCUT2D eigenvalue weighted by Gasteiger charge is -2.42. The van der Waals surface area contributed by atoms with Crippen LogP contribution in [-0.4, -0.2) is 72.3 Å². The molecule has 2 rings (SSSR count). The first-order valence-corrected chi connectivity index (χ1v) is 9.06. The average Bonchev–Trinajstić information content (AvgIpc) is 2.55. The van der Waals surface area contributed by atoms with Crippen molar-refractivity contribution in [2.45, 2.75) is 38.8 Å². The monoisotopic (exact) mass is 363 g/mol. The van der Waals surface area contributed by atoms with Gasteiger partial charge in [0.2, 0.25) is 0 Å². The van der Waals surface area contributed by atoms with Gasteiger partial charge in [0.15, 0.2) is 0 Å². The highest BCUT2D eigenvalue weighted by Crippen LogP contribution is 2.25. The summed E-state index contributed by atoms with van der Waals surface area (Å²) >= 11 is 0. The molecule has 0 radical (unpaired) electrons. The molecule has 1 aromatic rings. The van der Waals surface area contributed by atoms with Crippen molar-refractivity contribution < 1.29 is 19.4 Å². The molecular formula is C19H29N3O4. The average molecular weight is 363 g/mol. The molecule has 1 saturated carbocycles. The van der Waals surface area contributed by atoms with Crippen LogP contribution in [0.5, 0.6) is 5.75 Å². The Morgan fingerprint density at radius 2 is 2.08 bits per heavy atom. The molecule has 0 unspecified atom stereocenters. The van der Waals surface area contributed by atoms with Gasteiger partial charge >= 0.3 is 12.0 Å². The fraction of sp³-hybridized carbons (Fsp3) is 0.579. The molecule has 1 fully saturated rings. The lowest BCUT2D eigenvalue weighted by molar-refractivity contribution is -0.139. The number of rotatable bonds is 9. The van der Waals surface area contributed by atoms with Gasteiger partial charge in [0.25, 0.3) is 0 Å². The fourth-order valence-corrected chi connectivity index (χ4v) is 3.07. The molecule has 0 bridgehead atoms. The number of carbonyl (C=O) groups excluding carboxylic acids is 1. The van der Waals surface area contributed by atoms with Gasteiger partial charge in [0.1, 0.15) is 12.4 Å². The van der Waals surface area contributed by atoms with Crippen LogP contribution in [0.2, 0.25) is 0 Å². The largest absolute Gasteiger partial charge is 0.492 e. The molecular weight excluding hydrogens is 334 g/mol. The number of carboxylic acids is 1. The van der Waals surface area contributed by atoms with E-state index < -0.39 is 5.97 Å². The zero-order chi connectivity index (χ0) is 19.1. The molecule has 0 heterocycles. The van der Waals surface area contributed by atoms with E-state index in [9.17, 15) is 9.59 Å². The quantitative estimate of drug-likeness (QED) is 0.701. The van der Waals surface area contributed by atoms with E-state index in [0.29, 0.717) is 19.7 Å². The van der Waals surface area contributed by atoms with Crippen molar-refractivity contribution in [1.82, 2.24) is 15.1 Å². The van der Waals surface area contributed by atoms with Gasteiger partial charge in [0.05, 0.1) is 13.1 Å². The summed E-state index contributed by atoms with van der Waals surface area (Å²) in [6.07, 6.45) is 1.58. The van der Waals surface area contributed by atoms with E-state index in [2.05, 4.69) is 5.32 Å². The van der Waals surface area contributed by atoms with E-state index in [1.807, 2.05) is 43.0 Å². The number of aryl methyl sites for hydroxylation is 1. The lowest BCUT2D eigenvalue weighted by Crippen LogP contribution is -2.56. The molecule has 1 aliphatic rings. The molecule has 0 atom stereocenters. The minimum absolute atomic E-state index is 0.0536. The topological polar surface area (TPSA) is 82.1 Å². The highest BCUT2D eigenvalue weighted by Gasteiger charge is 2.35.